The molecule has 144 valence electrons. The molecule has 0 atom stereocenters. The van der Waals surface area contributed by atoms with Crippen LogP contribution in [0.25, 0.3) is 0 Å². The summed E-state index contributed by atoms with van der Waals surface area (Å²) in [5.74, 6) is 1.06. The summed E-state index contributed by atoms with van der Waals surface area (Å²) in [6.45, 7) is 13.6. The molecule has 4 heteroatoms. The fourth-order valence-electron chi connectivity index (χ4n) is 3.60. The minimum absolute atomic E-state index is 0.116. The highest BCUT2D eigenvalue weighted by molar-refractivity contribution is 5.91. The van der Waals surface area contributed by atoms with Gasteiger partial charge in [0.05, 0.1) is 18.8 Å². The van der Waals surface area contributed by atoms with Gasteiger partial charge in [0.25, 0.3) is 0 Å². The molecular formula is C22H33NO3. The van der Waals surface area contributed by atoms with Gasteiger partial charge in [0.15, 0.2) is 0 Å². The Balaban J connectivity index is 1.91. The van der Waals surface area contributed by atoms with E-state index in [0.717, 1.165) is 37.2 Å². The molecule has 0 aliphatic carbocycles. The molecule has 26 heavy (non-hydrogen) atoms. The molecule has 1 aromatic rings. The van der Waals surface area contributed by atoms with Gasteiger partial charge in [-0.15, -0.1) is 0 Å². The lowest BCUT2D eigenvalue weighted by Crippen LogP contribution is -2.47. The summed E-state index contributed by atoms with van der Waals surface area (Å²) in [5, 5.41) is 0. The smallest absolute Gasteiger partial charge is 0.338 e. The number of nitrogens with zero attached hydrogens (tertiary/aromatic N) is 1. The second kappa shape index (κ2) is 9.22. The van der Waals surface area contributed by atoms with Crippen molar-refractivity contribution in [3.05, 3.63) is 41.5 Å². The molecule has 0 bridgehead atoms. The van der Waals surface area contributed by atoms with Crippen LogP contribution in [-0.2, 0) is 4.74 Å². The zero-order valence-corrected chi connectivity index (χ0v) is 16.9. The Morgan fingerprint density at radius 1 is 1.31 bits per heavy atom. The summed E-state index contributed by atoms with van der Waals surface area (Å²) in [7, 11) is 0. The monoisotopic (exact) mass is 359 g/mol. The van der Waals surface area contributed by atoms with E-state index in [2.05, 4.69) is 37.8 Å². The summed E-state index contributed by atoms with van der Waals surface area (Å²) in [6.07, 6.45) is 6.68. The van der Waals surface area contributed by atoms with Crippen LogP contribution < -0.4 is 4.74 Å². The molecule has 0 saturated carbocycles. The Morgan fingerprint density at radius 2 is 2.00 bits per heavy atom. The van der Waals surface area contributed by atoms with Crippen LogP contribution in [0.4, 0.5) is 0 Å². The highest BCUT2D eigenvalue weighted by Gasteiger charge is 2.28. The second-order valence-corrected chi connectivity index (χ2v) is 7.54. The number of esters is 1. The number of ether oxygens (including phenoxy) is 2. The van der Waals surface area contributed by atoms with Crippen LogP contribution >= 0.6 is 0 Å². The molecule has 0 unspecified atom stereocenters. The largest absolute Gasteiger partial charge is 0.493 e. The molecule has 0 spiro atoms. The minimum atomic E-state index is -0.282. The number of hydrogen-bond donors (Lipinski definition) is 0. The van der Waals surface area contributed by atoms with Crippen LogP contribution in [0.15, 0.2) is 30.4 Å². The van der Waals surface area contributed by atoms with E-state index in [1.54, 1.807) is 6.07 Å². The fourth-order valence-corrected chi connectivity index (χ4v) is 3.60. The molecule has 1 saturated heterocycles. The molecule has 1 heterocycles. The van der Waals surface area contributed by atoms with Crippen LogP contribution in [0.2, 0.25) is 0 Å². The quantitative estimate of drug-likeness (QED) is 0.526. The molecule has 0 aromatic heterocycles. The molecule has 1 aromatic carbocycles. The number of carbonyl (C=O) groups is 1. The first kappa shape index (κ1) is 20.5. The van der Waals surface area contributed by atoms with Gasteiger partial charge in [-0.25, -0.2) is 4.79 Å². The third-order valence-corrected chi connectivity index (χ3v) is 5.26. The summed E-state index contributed by atoms with van der Waals surface area (Å²) in [6, 6.07) is 5.58. The van der Waals surface area contributed by atoms with E-state index in [4.69, 9.17) is 9.47 Å². The van der Waals surface area contributed by atoms with Gasteiger partial charge in [-0.1, -0.05) is 18.2 Å². The van der Waals surface area contributed by atoms with E-state index >= 15 is 0 Å². The van der Waals surface area contributed by atoms with E-state index in [1.807, 2.05) is 26.0 Å². The van der Waals surface area contributed by atoms with Gasteiger partial charge in [0, 0.05) is 11.1 Å². The maximum absolute atomic E-state index is 12.0. The molecule has 1 fully saturated rings. The lowest BCUT2D eigenvalue weighted by Gasteiger charge is -2.41. The molecule has 0 radical (unpaired) electrons. The van der Waals surface area contributed by atoms with Gasteiger partial charge >= 0.3 is 5.97 Å². The van der Waals surface area contributed by atoms with Gasteiger partial charge in [-0.2, -0.15) is 0 Å². The van der Waals surface area contributed by atoms with Crippen LogP contribution in [0.3, 0.4) is 0 Å². The summed E-state index contributed by atoms with van der Waals surface area (Å²) in [5.41, 5.74) is 1.57. The first-order chi connectivity index (χ1) is 12.4. The summed E-state index contributed by atoms with van der Waals surface area (Å²) >= 11 is 0. The molecule has 0 amide bonds. The van der Waals surface area contributed by atoms with Crippen molar-refractivity contribution in [1.82, 2.24) is 4.90 Å². The zero-order chi connectivity index (χ0) is 19.2. The maximum Gasteiger partial charge on any atom is 0.338 e. The Bertz CT molecular complexity index is 628. The third kappa shape index (κ3) is 5.10. The SMILES string of the molecule is C/C=C\C(C)(C)N1CCC(COc2cccc(C(=O)OCC)c2C)CC1. The summed E-state index contributed by atoms with van der Waals surface area (Å²) in [4.78, 5) is 14.6. The van der Waals surface area contributed by atoms with Crippen LogP contribution in [0.1, 0.15) is 56.5 Å². The lowest BCUT2D eigenvalue weighted by molar-refractivity contribution is 0.0524. The number of benzene rings is 1. The van der Waals surface area contributed by atoms with E-state index in [9.17, 15) is 4.79 Å². The second-order valence-electron chi connectivity index (χ2n) is 7.54. The molecule has 1 aliphatic heterocycles. The molecule has 1 aliphatic rings. The number of carbonyl (C=O) groups excluding carboxylic acids is 1. The number of allylic oxidation sites excluding steroid dienone is 1. The van der Waals surface area contributed by atoms with Crippen molar-refractivity contribution < 1.29 is 14.3 Å². The minimum Gasteiger partial charge on any atom is -0.493 e. The number of piperidine rings is 1. The highest BCUT2D eigenvalue weighted by atomic mass is 16.5. The van der Waals surface area contributed by atoms with Crippen LogP contribution in [0.5, 0.6) is 5.75 Å². The van der Waals surface area contributed by atoms with Crippen molar-refractivity contribution in [2.24, 2.45) is 5.92 Å². The van der Waals surface area contributed by atoms with Crippen molar-refractivity contribution in [2.75, 3.05) is 26.3 Å². The van der Waals surface area contributed by atoms with Gasteiger partial charge in [-0.3, -0.25) is 4.90 Å². The van der Waals surface area contributed by atoms with Crippen molar-refractivity contribution in [3.63, 3.8) is 0 Å². The Hall–Kier alpha value is -1.81. The van der Waals surface area contributed by atoms with E-state index < -0.39 is 0 Å². The van der Waals surface area contributed by atoms with E-state index in [1.165, 1.54) is 0 Å². The van der Waals surface area contributed by atoms with E-state index in [-0.39, 0.29) is 11.5 Å². The zero-order valence-electron chi connectivity index (χ0n) is 16.9. The molecule has 0 N–H and O–H groups in total. The van der Waals surface area contributed by atoms with Crippen LogP contribution in [-0.4, -0.2) is 42.7 Å². The predicted octanol–water partition coefficient (Wildman–Crippen LogP) is 4.62. The predicted molar refractivity (Wildman–Crippen MR) is 106 cm³/mol. The summed E-state index contributed by atoms with van der Waals surface area (Å²) < 4.78 is 11.2. The normalized spacial score (nSPS) is 16.8. The Kier molecular flexibility index (Phi) is 7.27. The van der Waals surface area contributed by atoms with Gasteiger partial charge in [-0.05, 0) is 78.6 Å². The third-order valence-electron chi connectivity index (χ3n) is 5.26. The standard InChI is InChI=1S/C22H33NO3/c1-6-13-22(4,5)23-14-11-18(12-15-23)16-26-20-10-8-9-19(17(20)3)21(24)25-7-2/h6,8-10,13,18H,7,11-12,14-16H2,1-5H3/b13-6-. The molecule has 2 rings (SSSR count). The lowest BCUT2D eigenvalue weighted by atomic mass is 9.92. The first-order valence-corrected chi connectivity index (χ1v) is 9.67. The van der Waals surface area contributed by atoms with Gasteiger partial charge < -0.3 is 9.47 Å². The van der Waals surface area contributed by atoms with Crippen molar-refractivity contribution in [3.8, 4) is 5.75 Å². The van der Waals surface area contributed by atoms with E-state index in [0.29, 0.717) is 24.7 Å². The maximum atomic E-state index is 12.0. The topological polar surface area (TPSA) is 38.8 Å². The van der Waals surface area contributed by atoms with Crippen molar-refractivity contribution in [2.45, 2.75) is 53.0 Å². The molecule has 4 nitrogen and oxygen atoms in total. The fraction of sp³-hybridized carbons (Fsp3) is 0.591. The van der Waals surface area contributed by atoms with Crippen LogP contribution in [0, 0.1) is 12.8 Å². The first-order valence-electron chi connectivity index (χ1n) is 9.67. The Morgan fingerprint density at radius 3 is 2.62 bits per heavy atom. The van der Waals surface area contributed by atoms with Gasteiger partial charge in [0.1, 0.15) is 5.75 Å². The average Bonchev–Trinajstić information content (AvgIpc) is 2.61. The number of hydrogen-bond acceptors (Lipinski definition) is 4. The van der Waals surface area contributed by atoms with Gasteiger partial charge in [0.2, 0.25) is 0 Å². The average molecular weight is 360 g/mol. The van der Waals surface area contributed by atoms with Crippen molar-refractivity contribution >= 4 is 5.97 Å². The number of rotatable bonds is 7. The van der Waals surface area contributed by atoms with Crippen molar-refractivity contribution in [1.29, 1.82) is 0 Å². The molecular weight excluding hydrogens is 326 g/mol. The Labute approximate surface area is 158 Å². The number of likely N-dealkylation sites (tertiary alicyclic amines) is 1. The highest BCUT2D eigenvalue weighted by Crippen LogP contribution is 2.27.